The monoisotopic (exact) mass is 241 g/mol. The van der Waals surface area contributed by atoms with Crippen molar-refractivity contribution in [1.29, 1.82) is 0 Å². The van der Waals surface area contributed by atoms with Gasteiger partial charge in [0.2, 0.25) is 0 Å². The van der Waals surface area contributed by atoms with E-state index in [1.807, 2.05) is 36.5 Å². The number of aliphatic hydroxyl groups is 1. The van der Waals surface area contributed by atoms with Crippen LogP contribution in [0.1, 0.15) is 5.69 Å². The van der Waals surface area contributed by atoms with E-state index >= 15 is 0 Å². The normalized spacial score (nSPS) is 10.7. The molecule has 2 heterocycles. The summed E-state index contributed by atoms with van der Waals surface area (Å²) in [6, 6.07) is 11.5. The third-order valence-electron chi connectivity index (χ3n) is 2.61. The van der Waals surface area contributed by atoms with Crippen LogP contribution in [0.4, 0.5) is 0 Å². The summed E-state index contributed by atoms with van der Waals surface area (Å²) in [4.78, 5) is 0. The molecule has 3 rings (SSSR count). The lowest BCUT2D eigenvalue weighted by Crippen LogP contribution is -1.92. The van der Waals surface area contributed by atoms with Crippen molar-refractivity contribution in [1.82, 2.24) is 14.9 Å². The van der Waals surface area contributed by atoms with Gasteiger partial charge in [0.1, 0.15) is 5.69 Å². The molecular formula is C13H11N3O2. The van der Waals surface area contributed by atoms with Crippen LogP contribution in [0.5, 0.6) is 0 Å². The van der Waals surface area contributed by atoms with Gasteiger partial charge in [-0.05, 0) is 12.1 Å². The molecule has 0 atom stereocenters. The van der Waals surface area contributed by atoms with Crippen molar-refractivity contribution in [3.05, 3.63) is 54.5 Å². The average Bonchev–Trinajstić information content (AvgIpc) is 3.08. The predicted octanol–water partition coefficient (Wildman–Crippen LogP) is 2.02. The molecule has 90 valence electrons. The summed E-state index contributed by atoms with van der Waals surface area (Å²) in [5.41, 5.74) is 2.31. The number of benzene rings is 1. The molecule has 5 nitrogen and oxygen atoms in total. The van der Waals surface area contributed by atoms with Gasteiger partial charge in [-0.3, -0.25) is 0 Å². The first-order valence-corrected chi connectivity index (χ1v) is 5.54. The number of para-hydroxylation sites is 1. The molecule has 0 amide bonds. The summed E-state index contributed by atoms with van der Waals surface area (Å²) in [5, 5.41) is 16.9. The van der Waals surface area contributed by atoms with E-state index in [1.54, 1.807) is 16.9 Å². The molecule has 0 aliphatic rings. The van der Waals surface area contributed by atoms with E-state index in [-0.39, 0.29) is 6.61 Å². The van der Waals surface area contributed by atoms with Gasteiger partial charge < -0.3 is 9.63 Å². The molecule has 0 aliphatic carbocycles. The highest BCUT2D eigenvalue weighted by atomic mass is 16.5. The number of aromatic nitrogens is 3. The van der Waals surface area contributed by atoms with Crippen molar-refractivity contribution in [2.45, 2.75) is 6.61 Å². The lowest BCUT2D eigenvalue weighted by atomic mass is 10.2. The Balaban J connectivity index is 1.94. The zero-order chi connectivity index (χ0) is 12.4. The molecular weight excluding hydrogens is 230 g/mol. The van der Waals surface area contributed by atoms with Crippen LogP contribution in [0.25, 0.3) is 17.0 Å². The maximum absolute atomic E-state index is 8.94. The Labute approximate surface area is 103 Å². The Morgan fingerprint density at radius 3 is 2.78 bits per heavy atom. The van der Waals surface area contributed by atoms with Gasteiger partial charge in [-0.25, -0.2) is 4.68 Å². The number of aliphatic hydroxyl groups excluding tert-OH is 1. The molecule has 0 saturated carbocycles. The third kappa shape index (κ3) is 1.91. The Hall–Kier alpha value is -2.40. The second kappa shape index (κ2) is 4.46. The zero-order valence-corrected chi connectivity index (χ0v) is 9.52. The minimum atomic E-state index is -0.129. The van der Waals surface area contributed by atoms with Gasteiger partial charge in [-0.2, -0.15) is 5.10 Å². The standard InChI is InChI=1S/C13H11N3O2/c17-9-11-6-13(18-15-11)10-7-14-16(8-10)12-4-2-1-3-5-12/h1-8,17H,9H2. The fraction of sp³-hybridized carbons (Fsp3) is 0.0769. The van der Waals surface area contributed by atoms with E-state index in [1.165, 1.54) is 0 Å². The molecule has 0 unspecified atom stereocenters. The first kappa shape index (κ1) is 10.7. The molecule has 0 aliphatic heterocycles. The van der Waals surface area contributed by atoms with Crippen LogP contribution in [-0.2, 0) is 6.61 Å². The molecule has 0 bridgehead atoms. The molecule has 2 aromatic heterocycles. The van der Waals surface area contributed by atoms with E-state index in [9.17, 15) is 0 Å². The molecule has 1 aromatic carbocycles. The summed E-state index contributed by atoms with van der Waals surface area (Å²) >= 11 is 0. The van der Waals surface area contributed by atoms with E-state index < -0.39 is 0 Å². The van der Waals surface area contributed by atoms with Gasteiger partial charge in [0, 0.05) is 12.3 Å². The van der Waals surface area contributed by atoms with Crippen molar-refractivity contribution < 1.29 is 9.63 Å². The minimum Gasteiger partial charge on any atom is -0.390 e. The maximum Gasteiger partial charge on any atom is 0.170 e. The average molecular weight is 241 g/mol. The summed E-state index contributed by atoms with van der Waals surface area (Å²) in [5.74, 6) is 0.598. The molecule has 0 radical (unpaired) electrons. The number of hydrogen-bond acceptors (Lipinski definition) is 4. The summed E-state index contributed by atoms with van der Waals surface area (Å²) in [6.07, 6.45) is 3.56. The molecule has 0 spiro atoms. The van der Waals surface area contributed by atoms with E-state index in [0.717, 1.165) is 11.3 Å². The van der Waals surface area contributed by atoms with Crippen molar-refractivity contribution in [2.24, 2.45) is 0 Å². The molecule has 18 heavy (non-hydrogen) atoms. The van der Waals surface area contributed by atoms with Crippen LogP contribution in [0.2, 0.25) is 0 Å². The second-order valence-corrected chi connectivity index (χ2v) is 3.85. The molecule has 0 fully saturated rings. The quantitative estimate of drug-likeness (QED) is 0.762. The molecule has 3 aromatic rings. The minimum absolute atomic E-state index is 0.129. The van der Waals surface area contributed by atoms with Crippen molar-refractivity contribution in [2.75, 3.05) is 0 Å². The Morgan fingerprint density at radius 1 is 1.22 bits per heavy atom. The van der Waals surface area contributed by atoms with Crippen LogP contribution in [0.15, 0.2) is 53.3 Å². The van der Waals surface area contributed by atoms with Crippen molar-refractivity contribution in [3.63, 3.8) is 0 Å². The maximum atomic E-state index is 8.94. The molecule has 0 saturated heterocycles. The van der Waals surface area contributed by atoms with Gasteiger partial charge in [-0.15, -0.1) is 0 Å². The molecule has 1 N–H and O–H groups in total. The fourth-order valence-electron chi connectivity index (χ4n) is 1.69. The topological polar surface area (TPSA) is 64.1 Å². The van der Waals surface area contributed by atoms with Gasteiger partial charge in [0.25, 0.3) is 0 Å². The van der Waals surface area contributed by atoms with Gasteiger partial charge >= 0.3 is 0 Å². The van der Waals surface area contributed by atoms with Crippen molar-refractivity contribution in [3.8, 4) is 17.0 Å². The highest BCUT2D eigenvalue weighted by Gasteiger charge is 2.09. The predicted molar refractivity (Wildman–Crippen MR) is 65.0 cm³/mol. The third-order valence-corrected chi connectivity index (χ3v) is 2.61. The van der Waals surface area contributed by atoms with Crippen LogP contribution in [0.3, 0.4) is 0 Å². The first-order chi connectivity index (χ1) is 8.86. The smallest absolute Gasteiger partial charge is 0.170 e. The van der Waals surface area contributed by atoms with E-state index in [0.29, 0.717) is 11.5 Å². The Kier molecular flexibility index (Phi) is 2.66. The van der Waals surface area contributed by atoms with Crippen LogP contribution in [-0.4, -0.2) is 20.0 Å². The number of rotatable bonds is 3. The van der Waals surface area contributed by atoms with Gasteiger partial charge in [-0.1, -0.05) is 23.4 Å². The first-order valence-electron chi connectivity index (χ1n) is 5.54. The second-order valence-electron chi connectivity index (χ2n) is 3.85. The van der Waals surface area contributed by atoms with E-state index in [4.69, 9.17) is 9.63 Å². The Bertz CT molecular complexity index is 643. The van der Waals surface area contributed by atoms with Crippen molar-refractivity contribution >= 4 is 0 Å². The van der Waals surface area contributed by atoms with Crippen LogP contribution >= 0.6 is 0 Å². The lowest BCUT2D eigenvalue weighted by Gasteiger charge is -1.98. The van der Waals surface area contributed by atoms with Crippen LogP contribution < -0.4 is 0 Å². The number of hydrogen-bond donors (Lipinski definition) is 1. The molecule has 5 heteroatoms. The number of nitrogens with zero attached hydrogens (tertiary/aromatic N) is 3. The van der Waals surface area contributed by atoms with E-state index in [2.05, 4.69) is 10.3 Å². The fourth-order valence-corrected chi connectivity index (χ4v) is 1.69. The highest BCUT2D eigenvalue weighted by molar-refractivity contribution is 5.55. The lowest BCUT2D eigenvalue weighted by molar-refractivity contribution is 0.267. The van der Waals surface area contributed by atoms with Gasteiger partial charge in [0.05, 0.1) is 24.1 Å². The Morgan fingerprint density at radius 2 is 2.06 bits per heavy atom. The summed E-state index contributed by atoms with van der Waals surface area (Å²) in [7, 11) is 0. The SMILES string of the molecule is OCc1cc(-c2cnn(-c3ccccc3)c2)on1. The van der Waals surface area contributed by atoms with Gasteiger partial charge in [0.15, 0.2) is 5.76 Å². The summed E-state index contributed by atoms with van der Waals surface area (Å²) < 4.78 is 6.89. The highest BCUT2D eigenvalue weighted by Crippen LogP contribution is 2.20. The largest absolute Gasteiger partial charge is 0.390 e. The summed E-state index contributed by atoms with van der Waals surface area (Å²) in [6.45, 7) is -0.129. The zero-order valence-electron chi connectivity index (χ0n) is 9.52. The van der Waals surface area contributed by atoms with Crippen LogP contribution in [0, 0.1) is 0 Å².